The summed E-state index contributed by atoms with van der Waals surface area (Å²) in [4.78, 5) is 22.5. The van der Waals surface area contributed by atoms with Gasteiger partial charge >= 0.3 is 5.97 Å². The number of methoxy groups -OCH3 is 1. The number of ether oxygens (including phenoxy) is 2. The summed E-state index contributed by atoms with van der Waals surface area (Å²) >= 11 is 1.60. The van der Waals surface area contributed by atoms with Crippen molar-refractivity contribution in [3.05, 3.63) is 17.3 Å². The van der Waals surface area contributed by atoms with Crippen LogP contribution >= 0.6 is 11.3 Å². The molecule has 0 N–H and O–H groups in total. The lowest BCUT2D eigenvalue weighted by molar-refractivity contribution is -0.144. The van der Waals surface area contributed by atoms with Gasteiger partial charge in [-0.3, -0.25) is 0 Å². The van der Waals surface area contributed by atoms with Crippen LogP contribution in [0.1, 0.15) is 5.56 Å². The van der Waals surface area contributed by atoms with Crippen LogP contribution in [0.15, 0.2) is 11.7 Å². The minimum Gasteiger partial charge on any atom is -0.467 e. The highest BCUT2D eigenvalue weighted by molar-refractivity contribution is 7.18. The Kier molecular flexibility index (Phi) is 3.54. The lowest BCUT2D eigenvalue weighted by Crippen LogP contribution is -2.51. The van der Waals surface area contributed by atoms with Crippen LogP contribution < -0.4 is 4.90 Å². The summed E-state index contributed by atoms with van der Waals surface area (Å²) in [6.07, 6.45) is 1.54. The fourth-order valence-corrected chi connectivity index (χ4v) is 3.36. The van der Waals surface area contributed by atoms with Gasteiger partial charge in [0.2, 0.25) is 0 Å². The number of rotatable bonds is 2. The number of nitrogens with zero attached hydrogens (tertiary/aromatic N) is 3. The Morgan fingerprint density at radius 2 is 2.40 bits per heavy atom. The molecule has 0 saturated carbocycles. The minimum atomic E-state index is -0.450. The molecule has 3 rings (SSSR count). The van der Waals surface area contributed by atoms with Crippen LogP contribution in [0.2, 0.25) is 0 Å². The van der Waals surface area contributed by atoms with E-state index in [2.05, 4.69) is 15.3 Å². The molecule has 0 amide bonds. The minimum absolute atomic E-state index is 0.301. The van der Waals surface area contributed by atoms with E-state index in [4.69, 9.17) is 9.47 Å². The maximum atomic E-state index is 11.9. The number of aryl methyl sites for hydroxylation is 1. The normalized spacial score (nSPS) is 19.3. The van der Waals surface area contributed by atoms with Gasteiger partial charge in [0.05, 0.1) is 30.5 Å². The lowest BCUT2D eigenvalue weighted by Gasteiger charge is -2.34. The molecule has 0 radical (unpaired) electrons. The molecule has 6 nitrogen and oxygen atoms in total. The van der Waals surface area contributed by atoms with Crippen LogP contribution in [0.4, 0.5) is 5.82 Å². The van der Waals surface area contributed by atoms with Gasteiger partial charge in [-0.15, -0.1) is 11.3 Å². The zero-order chi connectivity index (χ0) is 14.1. The first kappa shape index (κ1) is 13.3. The van der Waals surface area contributed by atoms with Crippen LogP contribution in [0.5, 0.6) is 0 Å². The molecule has 1 saturated heterocycles. The average molecular weight is 293 g/mol. The molecule has 1 aliphatic heterocycles. The van der Waals surface area contributed by atoms with Crippen LogP contribution in [-0.4, -0.2) is 48.8 Å². The van der Waals surface area contributed by atoms with Crippen LogP contribution in [-0.2, 0) is 14.3 Å². The summed E-state index contributed by atoms with van der Waals surface area (Å²) in [5, 5.41) is 2.05. The second-order valence-electron chi connectivity index (χ2n) is 4.60. The van der Waals surface area contributed by atoms with E-state index >= 15 is 0 Å². The second-order valence-corrected chi connectivity index (χ2v) is 5.48. The van der Waals surface area contributed by atoms with Gasteiger partial charge in [0.15, 0.2) is 11.9 Å². The standard InChI is InChI=1S/C13H15N3O3S/c1-8-6-20-11-10(8)14-7-15-12(11)16-3-4-19-5-9(16)13(17)18-2/h6-7,9H,3-5H2,1-2H3. The second kappa shape index (κ2) is 5.34. The number of esters is 1. The SMILES string of the molecule is COC(=O)C1COCCN1c1ncnc2c(C)csc12. The zero-order valence-corrected chi connectivity index (χ0v) is 12.1. The summed E-state index contributed by atoms with van der Waals surface area (Å²) in [6.45, 7) is 3.53. The number of thiophene rings is 1. The van der Waals surface area contributed by atoms with Crippen molar-refractivity contribution in [1.29, 1.82) is 0 Å². The van der Waals surface area contributed by atoms with E-state index in [1.807, 2.05) is 11.8 Å². The first-order chi connectivity index (χ1) is 9.72. The molecule has 3 heterocycles. The fraction of sp³-hybridized carbons (Fsp3) is 0.462. The smallest absolute Gasteiger partial charge is 0.330 e. The molecule has 1 fully saturated rings. The number of morpholine rings is 1. The molecule has 0 aliphatic carbocycles. The van der Waals surface area contributed by atoms with E-state index in [1.165, 1.54) is 7.11 Å². The quantitative estimate of drug-likeness (QED) is 0.779. The number of carbonyl (C=O) groups is 1. The van der Waals surface area contributed by atoms with E-state index in [0.717, 1.165) is 21.6 Å². The lowest BCUT2D eigenvalue weighted by atomic mass is 10.2. The van der Waals surface area contributed by atoms with Crippen molar-refractivity contribution in [3.63, 3.8) is 0 Å². The van der Waals surface area contributed by atoms with Crippen LogP contribution in [0.3, 0.4) is 0 Å². The summed E-state index contributed by atoms with van der Waals surface area (Å²) in [5.74, 6) is 0.483. The molecule has 1 aliphatic rings. The molecular formula is C13H15N3O3S. The molecule has 2 aromatic rings. The van der Waals surface area contributed by atoms with Crippen molar-refractivity contribution >= 4 is 33.3 Å². The summed E-state index contributed by atoms with van der Waals surface area (Å²) in [5.41, 5.74) is 2.06. The number of anilines is 1. The van der Waals surface area contributed by atoms with E-state index < -0.39 is 6.04 Å². The topological polar surface area (TPSA) is 64.6 Å². The molecule has 7 heteroatoms. The largest absolute Gasteiger partial charge is 0.467 e. The molecule has 0 spiro atoms. The van der Waals surface area contributed by atoms with Crippen LogP contribution in [0, 0.1) is 6.92 Å². The number of fused-ring (bicyclic) bond motifs is 1. The Labute approximate surface area is 120 Å². The average Bonchev–Trinajstić information content (AvgIpc) is 2.88. The molecule has 20 heavy (non-hydrogen) atoms. The molecule has 0 aromatic carbocycles. The van der Waals surface area contributed by atoms with Gasteiger partial charge in [-0.25, -0.2) is 14.8 Å². The molecular weight excluding hydrogens is 278 g/mol. The number of hydrogen-bond acceptors (Lipinski definition) is 7. The third-order valence-electron chi connectivity index (χ3n) is 3.39. The molecule has 1 unspecified atom stereocenters. The van der Waals surface area contributed by atoms with Crippen molar-refractivity contribution < 1.29 is 14.3 Å². The van der Waals surface area contributed by atoms with Gasteiger partial charge in [0, 0.05) is 6.54 Å². The highest BCUT2D eigenvalue weighted by atomic mass is 32.1. The monoisotopic (exact) mass is 293 g/mol. The number of carbonyl (C=O) groups excluding carboxylic acids is 1. The predicted molar refractivity (Wildman–Crippen MR) is 76.1 cm³/mol. The van der Waals surface area contributed by atoms with E-state index in [-0.39, 0.29) is 5.97 Å². The fourth-order valence-electron chi connectivity index (χ4n) is 2.35. The Bertz CT molecular complexity index is 643. The van der Waals surface area contributed by atoms with E-state index in [1.54, 1.807) is 17.7 Å². The summed E-state index contributed by atoms with van der Waals surface area (Å²) in [6, 6.07) is -0.450. The first-order valence-electron chi connectivity index (χ1n) is 6.33. The van der Waals surface area contributed by atoms with Gasteiger partial charge in [-0.05, 0) is 17.9 Å². The molecule has 0 bridgehead atoms. The number of aromatic nitrogens is 2. The summed E-state index contributed by atoms with van der Waals surface area (Å²) < 4.78 is 11.3. The van der Waals surface area contributed by atoms with Crippen molar-refractivity contribution in [2.45, 2.75) is 13.0 Å². The predicted octanol–water partition coefficient (Wildman–Crippen LogP) is 1.38. The third kappa shape index (κ3) is 2.12. The van der Waals surface area contributed by atoms with Gasteiger partial charge in [-0.1, -0.05) is 0 Å². The van der Waals surface area contributed by atoms with Crippen molar-refractivity contribution in [2.75, 3.05) is 31.8 Å². The maximum absolute atomic E-state index is 11.9. The number of hydrogen-bond donors (Lipinski definition) is 0. The van der Waals surface area contributed by atoms with Gasteiger partial charge in [0.25, 0.3) is 0 Å². The Hall–Kier alpha value is -1.73. The molecule has 1 atom stereocenters. The van der Waals surface area contributed by atoms with Crippen molar-refractivity contribution in [3.8, 4) is 0 Å². The third-order valence-corrected chi connectivity index (χ3v) is 4.47. The van der Waals surface area contributed by atoms with Crippen molar-refractivity contribution in [1.82, 2.24) is 9.97 Å². The zero-order valence-electron chi connectivity index (χ0n) is 11.3. The Morgan fingerprint density at radius 1 is 1.55 bits per heavy atom. The molecule has 106 valence electrons. The van der Waals surface area contributed by atoms with E-state index in [9.17, 15) is 4.79 Å². The maximum Gasteiger partial charge on any atom is 0.330 e. The van der Waals surface area contributed by atoms with Gasteiger partial charge in [0.1, 0.15) is 6.33 Å². The van der Waals surface area contributed by atoms with Crippen LogP contribution in [0.25, 0.3) is 10.2 Å². The first-order valence-corrected chi connectivity index (χ1v) is 7.21. The van der Waals surface area contributed by atoms with Crippen molar-refractivity contribution in [2.24, 2.45) is 0 Å². The Morgan fingerprint density at radius 3 is 3.20 bits per heavy atom. The van der Waals surface area contributed by atoms with Gasteiger partial charge in [-0.2, -0.15) is 0 Å². The van der Waals surface area contributed by atoms with Gasteiger partial charge < -0.3 is 14.4 Å². The van der Waals surface area contributed by atoms with E-state index in [0.29, 0.717) is 19.8 Å². The highest BCUT2D eigenvalue weighted by Crippen LogP contribution is 2.32. The molecule has 2 aromatic heterocycles. The highest BCUT2D eigenvalue weighted by Gasteiger charge is 2.32. The summed E-state index contributed by atoms with van der Waals surface area (Å²) in [7, 11) is 1.39. The Balaban J connectivity index is 2.05.